The van der Waals surface area contributed by atoms with E-state index in [1.807, 2.05) is 60.8 Å². The molecule has 1 saturated heterocycles. The lowest BCUT2D eigenvalue weighted by Gasteiger charge is -2.12. The van der Waals surface area contributed by atoms with E-state index in [0.717, 1.165) is 47.2 Å². The van der Waals surface area contributed by atoms with Crippen LogP contribution in [0.25, 0.3) is 17.0 Å². The Morgan fingerprint density at radius 1 is 0.765 bits per heavy atom. The minimum Gasteiger partial charge on any atom is -0.342 e. The van der Waals surface area contributed by atoms with Crippen LogP contribution in [0, 0.1) is 0 Å². The Morgan fingerprint density at radius 3 is 2.00 bits per heavy atom. The van der Waals surface area contributed by atoms with Crippen LogP contribution in [-0.4, -0.2) is 20.6 Å². The first-order chi connectivity index (χ1) is 16.4. The number of aromatic nitrogens is 1. The quantitative estimate of drug-likeness (QED) is 0.203. The summed E-state index contributed by atoms with van der Waals surface area (Å²) in [6, 6.07) is 22.0. The van der Waals surface area contributed by atoms with Crippen LogP contribution in [0.3, 0.4) is 0 Å². The summed E-state index contributed by atoms with van der Waals surface area (Å²) < 4.78 is 5.12. The standard InChI is InChI=1S/C26H17Br3N2O2S/c27-19-5-1-16(2-6-19)13-30-15-18(22-12-21(29)9-10-23(22)30)11-24-25(32)31(26(33)34-24)14-17-3-7-20(28)8-4-17/h1-12,15H,13-14H2/b24-11-. The first-order valence-corrected chi connectivity index (χ1v) is 13.6. The van der Waals surface area contributed by atoms with Crippen LogP contribution in [0.15, 0.2) is 91.3 Å². The molecule has 3 aromatic carbocycles. The number of thioether (sulfide) groups is 1. The number of halogens is 3. The summed E-state index contributed by atoms with van der Waals surface area (Å²) in [5, 5.41) is 0.769. The maximum Gasteiger partial charge on any atom is 0.293 e. The van der Waals surface area contributed by atoms with E-state index in [0.29, 0.717) is 11.4 Å². The van der Waals surface area contributed by atoms with Crippen molar-refractivity contribution in [2.24, 2.45) is 0 Å². The molecule has 2 amide bonds. The average molecular weight is 661 g/mol. The molecule has 0 spiro atoms. The fourth-order valence-corrected chi connectivity index (χ4v) is 5.60. The van der Waals surface area contributed by atoms with Crippen LogP contribution < -0.4 is 0 Å². The molecule has 2 heterocycles. The molecule has 1 fully saturated rings. The Balaban J connectivity index is 1.47. The summed E-state index contributed by atoms with van der Waals surface area (Å²) in [4.78, 5) is 27.5. The number of amides is 2. The number of nitrogens with zero attached hydrogens (tertiary/aromatic N) is 2. The van der Waals surface area contributed by atoms with Crippen molar-refractivity contribution in [2.45, 2.75) is 13.1 Å². The molecule has 5 rings (SSSR count). The second kappa shape index (κ2) is 9.85. The summed E-state index contributed by atoms with van der Waals surface area (Å²) in [6.45, 7) is 0.955. The summed E-state index contributed by atoms with van der Waals surface area (Å²) in [5.74, 6) is -0.262. The van der Waals surface area contributed by atoms with Gasteiger partial charge in [0.1, 0.15) is 0 Å². The van der Waals surface area contributed by atoms with Crippen LogP contribution in [0.2, 0.25) is 0 Å². The van der Waals surface area contributed by atoms with Gasteiger partial charge < -0.3 is 4.57 Å². The van der Waals surface area contributed by atoms with Gasteiger partial charge in [0, 0.05) is 42.6 Å². The Morgan fingerprint density at radius 2 is 1.35 bits per heavy atom. The molecule has 1 aliphatic rings. The number of hydrogen-bond acceptors (Lipinski definition) is 3. The Hall–Kier alpha value is -2.13. The summed E-state index contributed by atoms with van der Waals surface area (Å²) >= 11 is 11.4. The first-order valence-electron chi connectivity index (χ1n) is 10.4. The zero-order valence-electron chi connectivity index (χ0n) is 17.7. The zero-order chi connectivity index (χ0) is 23.8. The van der Waals surface area contributed by atoms with Gasteiger partial charge in [-0.25, -0.2) is 0 Å². The molecule has 170 valence electrons. The summed E-state index contributed by atoms with van der Waals surface area (Å²) in [6.07, 6.45) is 3.88. The number of imide groups is 1. The number of rotatable bonds is 5. The van der Waals surface area contributed by atoms with Crippen LogP contribution in [0.1, 0.15) is 16.7 Å². The van der Waals surface area contributed by atoms with E-state index in [-0.39, 0.29) is 17.7 Å². The molecule has 0 N–H and O–H groups in total. The smallest absolute Gasteiger partial charge is 0.293 e. The molecule has 34 heavy (non-hydrogen) atoms. The molecule has 1 aromatic heterocycles. The SMILES string of the molecule is O=C1S/C(=C\c2cn(Cc3ccc(Br)cc3)c3ccc(Br)cc23)C(=O)N1Cc1ccc(Br)cc1. The third kappa shape index (κ3) is 4.96. The highest BCUT2D eigenvalue weighted by Crippen LogP contribution is 2.36. The molecule has 8 heteroatoms. The lowest BCUT2D eigenvalue weighted by Crippen LogP contribution is -2.27. The van der Waals surface area contributed by atoms with Crippen molar-refractivity contribution in [3.8, 4) is 0 Å². The second-order valence-corrected chi connectivity index (χ2v) is 11.6. The van der Waals surface area contributed by atoms with E-state index in [1.54, 1.807) is 0 Å². The highest BCUT2D eigenvalue weighted by atomic mass is 79.9. The van der Waals surface area contributed by atoms with E-state index in [2.05, 4.69) is 70.6 Å². The zero-order valence-corrected chi connectivity index (χ0v) is 23.2. The fourth-order valence-electron chi connectivity index (χ4n) is 3.88. The van der Waals surface area contributed by atoms with Crippen molar-refractivity contribution in [1.29, 1.82) is 0 Å². The molecular weight excluding hydrogens is 644 g/mol. The second-order valence-electron chi connectivity index (χ2n) is 7.89. The van der Waals surface area contributed by atoms with Crippen LogP contribution in [0.4, 0.5) is 4.79 Å². The maximum atomic E-state index is 13.1. The van der Waals surface area contributed by atoms with Crippen molar-refractivity contribution in [3.63, 3.8) is 0 Å². The summed E-state index contributed by atoms with van der Waals surface area (Å²) in [7, 11) is 0. The number of benzene rings is 3. The van der Waals surface area contributed by atoms with Crippen LogP contribution >= 0.6 is 59.6 Å². The third-order valence-corrected chi connectivity index (χ3v) is 8.01. The van der Waals surface area contributed by atoms with Crippen molar-refractivity contribution >= 4 is 87.7 Å². The topological polar surface area (TPSA) is 42.3 Å². The van der Waals surface area contributed by atoms with Crippen LogP contribution in [0.5, 0.6) is 0 Å². The molecule has 0 aliphatic carbocycles. The summed E-state index contributed by atoms with van der Waals surface area (Å²) in [5.41, 5.74) is 4.04. The fraction of sp³-hybridized carbons (Fsp3) is 0.0769. The van der Waals surface area contributed by atoms with Gasteiger partial charge in [0.2, 0.25) is 0 Å². The van der Waals surface area contributed by atoms with Crippen molar-refractivity contribution in [3.05, 3.63) is 108 Å². The lowest BCUT2D eigenvalue weighted by atomic mass is 10.1. The van der Waals surface area contributed by atoms with E-state index >= 15 is 0 Å². The van der Waals surface area contributed by atoms with Gasteiger partial charge in [-0.3, -0.25) is 14.5 Å². The van der Waals surface area contributed by atoms with E-state index in [1.165, 1.54) is 10.5 Å². The Kier molecular flexibility index (Phi) is 6.84. The molecule has 0 bridgehead atoms. The highest BCUT2D eigenvalue weighted by molar-refractivity contribution is 9.11. The molecule has 0 radical (unpaired) electrons. The van der Waals surface area contributed by atoms with Gasteiger partial charge in [-0.05, 0) is 71.4 Å². The van der Waals surface area contributed by atoms with Gasteiger partial charge >= 0.3 is 0 Å². The minimum atomic E-state index is -0.262. The van der Waals surface area contributed by atoms with Gasteiger partial charge in [-0.15, -0.1) is 0 Å². The van der Waals surface area contributed by atoms with Gasteiger partial charge in [0.05, 0.1) is 11.4 Å². The Bertz CT molecular complexity index is 1440. The van der Waals surface area contributed by atoms with Gasteiger partial charge in [-0.1, -0.05) is 72.1 Å². The molecular formula is C26H17Br3N2O2S. The normalized spacial score (nSPS) is 15.1. The average Bonchev–Trinajstić information content (AvgIpc) is 3.28. The minimum absolute atomic E-state index is 0.251. The van der Waals surface area contributed by atoms with E-state index in [4.69, 9.17) is 0 Å². The van der Waals surface area contributed by atoms with Gasteiger partial charge in [0.25, 0.3) is 11.1 Å². The predicted molar refractivity (Wildman–Crippen MR) is 149 cm³/mol. The van der Waals surface area contributed by atoms with Gasteiger partial charge in [0.15, 0.2) is 0 Å². The Labute approximate surface area is 226 Å². The highest BCUT2D eigenvalue weighted by Gasteiger charge is 2.35. The third-order valence-electron chi connectivity index (χ3n) is 5.55. The molecule has 0 unspecified atom stereocenters. The van der Waals surface area contributed by atoms with E-state index < -0.39 is 0 Å². The molecule has 4 aromatic rings. The van der Waals surface area contributed by atoms with Crippen molar-refractivity contribution in [1.82, 2.24) is 9.47 Å². The molecule has 1 aliphatic heterocycles. The number of carbonyl (C=O) groups is 2. The van der Waals surface area contributed by atoms with E-state index in [9.17, 15) is 9.59 Å². The molecule has 0 atom stereocenters. The first kappa shape index (κ1) is 23.6. The molecule has 0 saturated carbocycles. The van der Waals surface area contributed by atoms with Crippen LogP contribution in [-0.2, 0) is 17.9 Å². The number of hydrogen-bond donors (Lipinski definition) is 0. The molecule has 4 nitrogen and oxygen atoms in total. The van der Waals surface area contributed by atoms with Gasteiger partial charge in [-0.2, -0.15) is 0 Å². The lowest BCUT2D eigenvalue weighted by molar-refractivity contribution is -0.123. The largest absolute Gasteiger partial charge is 0.342 e. The predicted octanol–water partition coefficient (Wildman–Crippen LogP) is 8.21. The monoisotopic (exact) mass is 658 g/mol. The van der Waals surface area contributed by atoms with Crippen molar-refractivity contribution in [2.75, 3.05) is 0 Å². The van der Waals surface area contributed by atoms with Crippen molar-refractivity contribution < 1.29 is 9.59 Å². The number of fused-ring (bicyclic) bond motifs is 1. The maximum absolute atomic E-state index is 13.1. The number of carbonyl (C=O) groups excluding carboxylic acids is 2.